The van der Waals surface area contributed by atoms with Crippen LogP contribution in [0.5, 0.6) is 0 Å². The minimum Gasteiger partial charge on any atom is -0.381 e. The molecule has 0 saturated carbocycles. The van der Waals surface area contributed by atoms with Gasteiger partial charge in [0.1, 0.15) is 5.82 Å². The van der Waals surface area contributed by atoms with E-state index in [1.165, 1.54) is 12.1 Å². The normalized spacial score (nSPS) is 20.2. The molecule has 4 nitrogen and oxygen atoms in total. The second-order valence-corrected chi connectivity index (χ2v) is 4.85. The van der Waals surface area contributed by atoms with Gasteiger partial charge in [-0.1, -0.05) is 0 Å². The highest BCUT2D eigenvalue weighted by atomic mass is 19.1. The molecule has 0 bridgehead atoms. The van der Waals surface area contributed by atoms with Crippen LogP contribution in [0.1, 0.15) is 13.3 Å². The lowest BCUT2D eigenvalue weighted by Crippen LogP contribution is -2.39. The molecule has 1 amide bonds. The molecule has 2 unspecified atom stereocenters. The van der Waals surface area contributed by atoms with Crippen LogP contribution in [0.15, 0.2) is 24.3 Å². The Morgan fingerprint density at radius 2 is 2.21 bits per heavy atom. The van der Waals surface area contributed by atoms with E-state index in [9.17, 15) is 9.18 Å². The molecule has 2 rings (SSSR count). The van der Waals surface area contributed by atoms with Gasteiger partial charge in [0, 0.05) is 18.3 Å². The van der Waals surface area contributed by atoms with Crippen molar-refractivity contribution in [2.24, 2.45) is 5.92 Å². The third kappa shape index (κ3) is 4.29. The SMILES string of the molecule is CC(NCC(=O)Nc1ccc(F)cc1)C1CCOC1. The minimum absolute atomic E-state index is 0.127. The zero-order valence-corrected chi connectivity index (χ0v) is 11.0. The molecule has 5 heteroatoms. The van der Waals surface area contributed by atoms with Crippen molar-refractivity contribution in [2.45, 2.75) is 19.4 Å². The Labute approximate surface area is 112 Å². The first-order chi connectivity index (χ1) is 9.15. The summed E-state index contributed by atoms with van der Waals surface area (Å²) in [6.45, 7) is 3.87. The molecule has 2 atom stereocenters. The van der Waals surface area contributed by atoms with Crippen LogP contribution in [-0.2, 0) is 9.53 Å². The first-order valence-electron chi connectivity index (χ1n) is 6.51. The number of rotatable bonds is 5. The lowest BCUT2D eigenvalue weighted by atomic mass is 10.0. The van der Waals surface area contributed by atoms with Gasteiger partial charge in [-0.2, -0.15) is 0 Å². The lowest BCUT2D eigenvalue weighted by molar-refractivity contribution is -0.115. The highest BCUT2D eigenvalue weighted by Crippen LogP contribution is 2.16. The number of ether oxygens (including phenoxy) is 1. The summed E-state index contributed by atoms with van der Waals surface area (Å²) in [5.74, 6) is 0.0296. The monoisotopic (exact) mass is 266 g/mol. The smallest absolute Gasteiger partial charge is 0.238 e. The molecule has 1 aliphatic rings. The minimum atomic E-state index is -0.314. The Kier molecular flexibility index (Phi) is 4.87. The number of carbonyl (C=O) groups excluding carboxylic acids is 1. The molecule has 1 aromatic carbocycles. The maximum absolute atomic E-state index is 12.7. The molecule has 1 heterocycles. The summed E-state index contributed by atoms with van der Waals surface area (Å²) in [6.07, 6.45) is 1.04. The van der Waals surface area contributed by atoms with Crippen molar-refractivity contribution < 1.29 is 13.9 Å². The second kappa shape index (κ2) is 6.63. The summed E-state index contributed by atoms with van der Waals surface area (Å²) in [4.78, 5) is 11.7. The molecule has 1 aliphatic heterocycles. The fourth-order valence-electron chi connectivity index (χ4n) is 2.11. The van der Waals surface area contributed by atoms with Crippen molar-refractivity contribution in [1.82, 2.24) is 5.32 Å². The third-order valence-corrected chi connectivity index (χ3v) is 3.38. The maximum Gasteiger partial charge on any atom is 0.238 e. The highest BCUT2D eigenvalue weighted by molar-refractivity contribution is 5.92. The first kappa shape index (κ1) is 14.0. The Morgan fingerprint density at radius 3 is 2.84 bits per heavy atom. The van der Waals surface area contributed by atoms with Gasteiger partial charge in [-0.3, -0.25) is 4.79 Å². The summed E-state index contributed by atoms with van der Waals surface area (Å²) < 4.78 is 18.0. The zero-order valence-electron chi connectivity index (χ0n) is 11.0. The molecular weight excluding hydrogens is 247 g/mol. The predicted octanol–water partition coefficient (Wildman–Crippen LogP) is 1.78. The fraction of sp³-hybridized carbons (Fsp3) is 0.500. The van der Waals surface area contributed by atoms with Crippen molar-refractivity contribution in [2.75, 3.05) is 25.1 Å². The van der Waals surface area contributed by atoms with E-state index in [-0.39, 0.29) is 24.3 Å². The van der Waals surface area contributed by atoms with E-state index < -0.39 is 0 Å². The van der Waals surface area contributed by atoms with E-state index in [1.54, 1.807) is 12.1 Å². The maximum atomic E-state index is 12.7. The molecule has 1 aromatic rings. The topological polar surface area (TPSA) is 50.4 Å². The van der Waals surface area contributed by atoms with Crippen LogP contribution in [0.4, 0.5) is 10.1 Å². The van der Waals surface area contributed by atoms with Crippen LogP contribution in [-0.4, -0.2) is 31.7 Å². The summed E-state index contributed by atoms with van der Waals surface area (Å²) in [5.41, 5.74) is 0.602. The van der Waals surface area contributed by atoms with Crippen molar-refractivity contribution in [3.05, 3.63) is 30.1 Å². The van der Waals surface area contributed by atoms with Crippen molar-refractivity contribution in [3.8, 4) is 0 Å². The van der Waals surface area contributed by atoms with Crippen LogP contribution >= 0.6 is 0 Å². The van der Waals surface area contributed by atoms with Gasteiger partial charge >= 0.3 is 0 Å². The molecule has 0 spiro atoms. The third-order valence-electron chi connectivity index (χ3n) is 3.38. The number of hydrogen-bond acceptors (Lipinski definition) is 3. The number of amides is 1. The summed E-state index contributed by atoms with van der Waals surface area (Å²) in [7, 11) is 0. The molecule has 1 fully saturated rings. The van der Waals surface area contributed by atoms with E-state index in [4.69, 9.17) is 4.74 Å². The predicted molar refractivity (Wildman–Crippen MR) is 71.4 cm³/mol. The summed E-state index contributed by atoms with van der Waals surface area (Å²) >= 11 is 0. The number of benzene rings is 1. The van der Waals surface area contributed by atoms with Gasteiger partial charge in [-0.15, -0.1) is 0 Å². The van der Waals surface area contributed by atoms with Gasteiger partial charge in [0.05, 0.1) is 13.2 Å². The van der Waals surface area contributed by atoms with E-state index in [1.807, 2.05) is 0 Å². The average molecular weight is 266 g/mol. The van der Waals surface area contributed by atoms with Crippen LogP contribution in [0.25, 0.3) is 0 Å². The number of anilines is 1. The standard InChI is InChI=1S/C14H19FN2O2/c1-10(11-6-7-19-9-11)16-8-14(18)17-13-4-2-12(15)3-5-13/h2-5,10-11,16H,6-9H2,1H3,(H,17,18). The van der Waals surface area contributed by atoms with Gasteiger partial charge < -0.3 is 15.4 Å². The van der Waals surface area contributed by atoms with Crippen molar-refractivity contribution in [1.29, 1.82) is 0 Å². The number of nitrogens with one attached hydrogen (secondary N) is 2. The van der Waals surface area contributed by atoms with Crippen LogP contribution < -0.4 is 10.6 Å². The first-order valence-corrected chi connectivity index (χ1v) is 6.51. The van der Waals surface area contributed by atoms with Gasteiger partial charge in [0.25, 0.3) is 0 Å². The van der Waals surface area contributed by atoms with Crippen molar-refractivity contribution >= 4 is 11.6 Å². The summed E-state index contributed by atoms with van der Waals surface area (Å²) in [6, 6.07) is 5.98. The fourth-order valence-corrected chi connectivity index (χ4v) is 2.11. The largest absolute Gasteiger partial charge is 0.381 e. The van der Waals surface area contributed by atoms with Gasteiger partial charge in [0.2, 0.25) is 5.91 Å². The van der Waals surface area contributed by atoms with Crippen LogP contribution in [0.2, 0.25) is 0 Å². The molecule has 2 N–H and O–H groups in total. The van der Waals surface area contributed by atoms with Crippen LogP contribution in [0.3, 0.4) is 0 Å². The van der Waals surface area contributed by atoms with Gasteiger partial charge in [-0.05, 0) is 43.5 Å². The quantitative estimate of drug-likeness (QED) is 0.854. The number of halogens is 1. The number of carbonyl (C=O) groups is 1. The average Bonchev–Trinajstić information content (AvgIpc) is 2.93. The Morgan fingerprint density at radius 1 is 1.47 bits per heavy atom. The van der Waals surface area contributed by atoms with Gasteiger partial charge in [0.15, 0.2) is 0 Å². The lowest BCUT2D eigenvalue weighted by Gasteiger charge is -2.18. The van der Waals surface area contributed by atoms with Crippen molar-refractivity contribution in [3.63, 3.8) is 0 Å². The highest BCUT2D eigenvalue weighted by Gasteiger charge is 2.22. The number of hydrogen-bond donors (Lipinski definition) is 2. The van der Waals surface area contributed by atoms with Gasteiger partial charge in [-0.25, -0.2) is 4.39 Å². The van der Waals surface area contributed by atoms with E-state index >= 15 is 0 Å². The molecule has 104 valence electrons. The zero-order chi connectivity index (χ0) is 13.7. The van der Waals surface area contributed by atoms with Crippen LogP contribution in [0, 0.1) is 11.7 Å². The molecule has 0 aliphatic carbocycles. The van der Waals surface area contributed by atoms with E-state index in [0.717, 1.165) is 19.6 Å². The Hall–Kier alpha value is -1.46. The molecule has 1 saturated heterocycles. The summed E-state index contributed by atoms with van der Waals surface area (Å²) in [5, 5.41) is 5.91. The molecule has 0 radical (unpaired) electrons. The van der Waals surface area contributed by atoms with E-state index in [2.05, 4.69) is 17.6 Å². The Bertz CT molecular complexity index is 416. The Balaban J connectivity index is 1.73. The second-order valence-electron chi connectivity index (χ2n) is 4.85. The molecule has 0 aromatic heterocycles. The molecule has 19 heavy (non-hydrogen) atoms. The molecular formula is C14H19FN2O2. The van der Waals surface area contributed by atoms with E-state index in [0.29, 0.717) is 11.6 Å².